The molecule has 0 bridgehead atoms. The van der Waals surface area contributed by atoms with E-state index in [4.69, 9.17) is 9.90 Å². The molecule has 2 aliphatic rings. The second-order valence-electron chi connectivity index (χ2n) is 14.3. The number of hydrogen-bond acceptors (Lipinski definition) is 5. The standard InChI is InChI=1S/C42H49N3O2S.C2HF3O2/c46-41(18-17-33-8-2-1-3-9-33)45(28-23-40-16-7-29-48-40)32-36-12-5-13-37(30-36)38-14-6-15-39(31-38)42(47)44-26-21-35(22-27-44)11-4-10-34-19-24-43-25-20-34;3-2(4,5)1(6)7/h1-3,5-9,12-18,29-31,34-35,43H,4,10-11,19-28,32H2;(H,6,7)/b18-17+;. The number of amides is 2. The van der Waals surface area contributed by atoms with E-state index in [1.54, 1.807) is 17.4 Å². The van der Waals surface area contributed by atoms with Gasteiger partial charge < -0.3 is 20.2 Å². The highest BCUT2D eigenvalue weighted by molar-refractivity contribution is 7.09. The number of likely N-dealkylation sites (tertiary alicyclic amines) is 1. The van der Waals surface area contributed by atoms with Gasteiger partial charge in [-0.15, -0.1) is 11.3 Å². The fraction of sp³-hybridized carbons (Fsp3) is 0.386. The second-order valence-corrected chi connectivity index (χ2v) is 15.3. The van der Waals surface area contributed by atoms with E-state index in [0.717, 1.165) is 72.0 Å². The normalized spacial score (nSPS) is 15.4. The number of carboxylic acids is 1. The second kappa shape index (κ2) is 20.8. The van der Waals surface area contributed by atoms with Crippen molar-refractivity contribution in [1.82, 2.24) is 15.1 Å². The van der Waals surface area contributed by atoms with E-state index in [9.17, 15) is 22.8 Å². The number of alkyl halides is 3. The Kier molecular flexibility index (Phi) is 15.7. The Morgan fingerprint density at radius 3 is 2.15 bits per heavy atom. The highest BCUT2D eigenvalue weighted by atomic mass is 32.1. The minimum absolute atomic E-state index is 0.000973. The zero-order valence-corrected chi connectivity index (χ0v) is 31.9. The van der Waals surface area contributed by atoms with Crippen LogP contribution in [0.1, 0.15) is 71.3 Å². The van der Waals surface area contributed by atoms with Gasteiger partial charge >= 0.3 is 12.1 Å². The predicted molar refractivity (Wildman–Crippen MR) is 213 cm³/mol. The molecule has 0 unspecified atom stereocenters. The Morgan fingerprint density at radius 2 is 1.49 bits per heavy atom. The Labute approximate surface area is 325 Å². The van der Waals surface area contributed by atoms with Gasteiger partial charge in [0.15, 0.2) is 0 Å². The number of carboxylic acid groups (broad SMARTS) is 1. The van der Waals surface area contributed by atoms with E-state index < -0.39 is 12.1 Å². The molecule has 0 aliphatic carbocycles. The van der Waals surface area contributed by atoms with E-state index in [2.05, 4.69) is 58.1 Å². The topological polar surface area (TPSA) is 90.0 Å². The number of rotatable bonds is 13. The largest absolute Gasteiger partial charge is 0.490 e. The van der Waals surface area contributed by atoms with E-state index in [1.165, 1.54) is 50.1 Å². The first kappa shape index (κ1) is 41.4. The number of carbonyl (C=O) groups is 3. The van der Waals surface area contributed by atoms with Gasteiger partial charge in [0, 0.05) is 42.7 Å². The molecule has 1 aromatic heterocycles. The zero-order chi connectivity index (χ0) is 39.0. The van der Waals surface area contributed by atoms with Crippen LogP contribution in [0.2, 0.25) is 0 Å². The third-order valence-electron chi connectivity index (χ3n) is 10.3. The molecule has 0 atom stereocenters. The lowest BCUT2D eigenvalue weighted by Crippen LogP contribution is -2.38. The molecule has 2 N–H and O–H groups in total. The van der Waals surface area contributed by atoms with Crippen molar-refractivity contribution >= 4 is 35.2 Å². The van der Waals surface area contributed by atoms with Gasteiger partial charge in [-0.05, 0) is 115 Å². The third kappa shape index (κ3) is 13.5. The molecule has 6 rings (SSSR count). The number of hydrogen-bond donors (Lipinski definition) is 2. The quantitative estimate of drug-likeness (QED) is 0.132. The van der Waals surface area contributed by atoms with Crippen LogP contribution in [0.4, 0.5) is 13.2 Å². The highest BCUT2D eigenvalue weighted by Gasteiger charge is 2.38. The van der Waals surface area contributed by atoms with Crippen molar-refractivity contribution in [2.75, 3.05) is 32.7 Å². The molecule has 3 heterocycles. The predicted octanol–water partition coefficient (Wildman–Crippen LogP) is 9.36. The van der Waals surface area contributed by atoms with Crippen LogP contribution in [-0.4, -0.2) is 71.6 Å². The number of nitrogens with zero attached hydrogens (tertiary/aromatic N) is 2. The van der Waals surface area contributed by atoms with Gasteiger partial charge in [-0.25, -0.2) is 4.79 Å². The van der Waals surface area contributed by atoms with Crippen molar-refractivity contribution in [3.63, 3.8) is 0 Å². The number of aliphatic carboxylic acids is 1. The molecule has 7 nitrogen and oxygen atoms in total. The van der Waals surface area contributed by atoms with Crippen LogP contribution in [0.25, 0.3) is 17.2 Å². The maximum Gasteiger partial charge on any atom is 0.490 e. The average molecular weight is 774 g/mol. The summed E-state index contributed by atoms with van der Waals surface area (Å²) < 4.78 is 31.7. The maximum atomic E-state index is 13.6. The molecule has 2 saturated heterocycles. The first-order valence-electron chi connectivity index (χ1n) is 19.1. The van der Waals surface area contributed by atoms with E-state index in [-0.39, 0.29) is 11.8 Å². The lowest BCUT2D eigenvalue weighted by molar-refractivity contribution is -0.192. The van der Waals surface area contributed by atoms with Gasteiger partial charge in [-0.2, -0.15) is 13.2 Å². The van der Waals surface area contributed by atoms with E-state index in [1.807, 2.05) is 59.5 Å². The monoisotopic (exact) mass is 773 g/mol. The summed E-state index contributed by atoms with van der Waals surface area (Å²) >= 11 is 1.73. The molecule has 2 aliphatic heterocycles. The lowest BCUT2D eigenvalue weighted by Gasteiger charge is -2.32. The molecule has 292 valence electrons. The lowest BCUT2D eigenvalue weighted by atomic mass is 9.87. The Balaban J connectivity index is 0.000000757. The molecule has 2 fully saturated rings. The number of thiophene rings is 1. The van der Waals surface area contributed by atoms with Crippen molar-refractivity contribution in [2.45, 2.75) is 64.1 Å². The highest BCUT2D eigenvalue weighted by Crippen LogP contribution is 2.28. The summed E-state index contributed by atoms with van der Waals surface area (Å²) in [6.45, 7) is 5.22. The van der Waals surface area contributed by atoms with Gasteiger partial charge in [0.05, 0.1) is 0 Å². The van der Waals surface area contributed by atoms with Crippen LogP contribution in [0.15, 0.2) is 102 Å². The summed E-state index contributed by atoms with van der Waals surface area (Å²) in [5.74, 6) is -0.973. The summed E-state index contributed by atoms with van der Waals surface area (Å²) in [6.07, 6.45) is 8.19. The molecule has 2 amide bonds. The average Bonchev–Trinajstić information content (AvgIpc) is 3.73. The summed E-state index contributed by atoms with van der Waals surface area (Å²) in [4.78, 5) is 41.2. The summed E-state index contributed by atoms with van der Waals surface area (Å²) in [5.41, 5.74) is 4.91. The first-order chi connectivity index (χ1) is 26.5. The van der Waals surface area contributed by atoms with Crippen molar-refractivity contribution in [3.05, 3.63) is 124 Å². The van der Waals surface area contributed by atoms with Crippen molar-refractivity contribution in [2.24, 2.45) is 11.8 Å². The summed E-state index contributed by atoms with van der Waals surface area (Å²) in [5, 5.41) is 12.7. The Hall–Kier alpha value is -4.74. The maximum absolute atomic E-state index is 13.6. The minimum atomic E-state index is -5.08. The van der Waals surface area contributed by atoms with Gasteiger partial charge in [0.2, 0.25) is 5.91 Å². The van der Waals surface area contributed by atoms with Gasteiger partial charge in [0.25, 0.3) is 5.91 Å². The third-order valence-corrected chi connectivity index (χ3v) is 11.2. The SMILES string of the molecule is O=C(/C=C/c1ccccc1)N(CCc1cccs1)Cc1cccc(-c2cccc(C(=O)N3CCC(CCCC4CCNCC4)CC3)c2)c1.O=C(O)C(F)(F)F. The smallest absolute Gasteiger partial charge is 0.475 e. The number of benzene rings is 3. The molecule has 0 saturated carbocycles. The molecule has 0 radical (unpaired) electrons. The van der Waals surface area contributed by atoms with Gasteiger partial charge in [-0.1, -0.05) is 86.0 Å². The zero-order valence-electron chi connectivity index (χ0n) is 31.1. The van der Waals surface area contributed by atoms with Crippen molar-refractivity contribution in [1.29, 1.82) is 0 Å². The van der Waals surface area contributed by atoms with Crippen LogP contribution in [0.5, 0.6) is 0 Å². The number of nitrogens with one attached hydrogen (secondary N) is 1. The molecule has 11 heteroatoms. The van der Waals surface area contributed by atoms with Crippen LogP contribution < -0.4 is 5.32 Å². The Morgan fingerprint density at radius 1 is 0.836 bits per heavy atom. The van der Waals surface area contributed by atoms with Crippen LogP contribution in [0, 0.1) is 11.8 Å². The molecular weight excluding hydrogens is 724 g/mol. The summed E-state index contributed by atoms with van der Waals surface area (Å²) in [6, 6.07) is 30.6. The van der Waals surface area contributed by atoms with Gasteiger partial charge in [0.1, 0.15) is 0 Å². The fourth-order valence-electron chi connectivity index (χ4n) is 7.18. The van der Waals surface area contributed by atoms with Crippen LogP contribution in [-0.2, 0) is 22.6 Å². The van der Waals surface area contributed by atoms with Gasteiger partial charge in [-0.3, -0.25) is 9.59 Å². The first-order valence-corrected chi connectivity index (χ1v) is 20.0. The molecule has 4 aromatic rings. The molecule has 0 spiro atoms. The van der Waals surface area contributed by atoms with E-state index >= 15 is 0 Å². The van der Waals surface area contributed by atoms with Crippen LogP contribution in [0.3, 0.4) is 0 Å². The van der Waals surface area contributed by atoms with Crippen LogP contribution >= 0.6 is 11.3 Å². The molecule has 55 heavy (non-hydrogen) atoms. The van der Waals surface area contributed by atoms with Crippen molar-refractivity contribution in [3.8, 4) is 11.1 Å². The number of piperidine rings is 2. The number of halogens is 3. The molecule has 3 aromatic carbocycles. The fourth-order valence-corrected chi connectivity index (χ4v) is 7.88. The van der Waals surface area contributed by atoms with E-state index in [0.29, 0.717) is 13.1 Å². The molecular formula is C44H50F3N3O4S. The Bertz CT molecular complexity index is 1830. The summed E-state index contributed by atoms with van der Waals surface area (Å²) in [7, 11) is 0. The van der Waals surface area contributed by atoms with Crippen molar-refractivity contribution < 1.29 is 32.7 Å². The minimum Gasteiger partial charge on any atom is -0.475 e. The number of carbonyl (C=O) groups excluding carboxylic acids is 2.